The first kappa shape index (κ1) is 110. The second-order valence-corrected chi connectivity index (χ2v) is 31.1. The number of hydrogen-bond acceptors (Lipinski definition) is 27. The zero-order valence-electron chi connectivity index (χ0n) is 71.7. The number of primary amides is 1. The van der Waals surface area contributed by atoms with Crippen LogP contribution in [0, 0.1) is 5.41 Å². The first-order valence-electron chi connectivity index (χ1n) is 40.8. The fourth-order valence-corrected chi connectivity index (χ4v) is 11.6. The number of hydrogen-bond donors (Lipinski definition) is 29. The van der Waals surface area contributed by atoms with E-state index in [1.807, 2.05) is 20.8 Å². The number of nitrogens with two attached hydrogens (primary N) is 8. The maximum absolute atomic E-state index is 14.5. The van der Waals surface area contributed by atoms with Crippen LogP contribution in [0.5, 0.6) is 5.75 Å². The third-order valence-electron chi connectivity index (χ3n) is 18.7. The van der Waals surface area contributed by atoms with Crippen LogP contribution in [0.3, 0.4) is 0 Å². The van der Waals surface area contributed by atoms with E-state index in [1.54, 1.807) is 0 Å². The second kappa shape index (κ2) is 57.6. The summed E-state index contributed by atoms with van der Waals surface area (Å²) < 4.78 is 0. The Kier molecular flexibility index (Phi) is 51.2. The average Bonchev–Trinajstić information content (AvgIpc) is 0.815. The van der Waals surface area contributed by atoms with E-state index in [0.29, 0.717) is 37.7 Å². The number of guanidine groups is 2. The maximum Gasteiger partial charge on any atom is 0.326 e. The quantitative estimate of drug-likeness (QED) is 0.0164. The summed E-state index contributed by atoms with van der Waals surface area (Å²) in [6, 6.07) is -16.5. The topological polar surface area (TPSA) is 825 Å². The van der Waals surface area contributed by atoms with E-state index in [1.165, 1.54) is 38.1 Å². The number of unbranched alkanes of at least 4 members (excludes halogenated alkanes) is 3. The Morgan fingerprint density at radius 2 is 0.726 bits per heavy atom. The number of nitrogens with one attached hydrogen (secondary N) is 15. The first-order valence-corrected chi connectivity index (χ1v) is 40.8. The fourth-order valence-electron chi connectivity index (χ4n) is 11.6. The van der Waals surface area contributed by atoms with Gasteiger partial charge in [0.25, 0.3) is 0 Å². The summed E-state index contributed by atoms with van der Waals surface area (Å²) in [6.45, 7) is 10.4. The summed E-state index contributed by atoms with van der Waals surface area (Å²) in [5.74, 6) is -18.6. The minimum atomic E-state index is -1.95. The molecule has 0 saturated carbocycles. The van der Waals surface area contributed by atoms with Gasteiger partial charge in [0.15, 0.2) is 11.9 Å². The van der Waals surface area contributed by atoms with Crippen molar-refractivity contribution in [2.45, 2.75) is 274 Å². The fraction of sp³-hybridized carbons (Fsp3) is 0.671. The number of aliphatic carboxylic acids is 1. The van der Waals surface area contributed by atoms with Gasteiger partial charge in [-0.3, -0.25) is 86.7 Å². The van der Waals surface area contributed by atoms with Gasteiger partial charge in [-0.15, -0.1) is 0 Å². The molecule has 0 aromatic heterocycles. The van der Waals surface area contributed by atoms with Crippen LogP contribution in [0.25, 0.3) is 0 Å². The normalized spacial score (nSPS) is 15.3. The summed E-state index contributed by atoms with van der Waals surface area (Å²) in [4.78, 5) is 238. The van der Waals surface area contributed by atoms with E-state index in [9.17, 15) is 112 Å². The van der Waals surface area contributed by atoms with Gasteiger partial charge in [0.2, 0.25) is 94.5 Å². The number of amides is 16. The van der Waals surface area contributed by atoms with Gasteiger partial charge in [-0.05, 0) is 161 Å². The van der Waals surface area contributed by atoms with Crippen LogP contribution in [0.2, 0.25) is 0 Å². The predicted octanol–water partition coefficient (Wildman–Crippen LogP) is -10.7. The number of rotatable bonds is 60. The highest BCUT2D eigenvalue weighted by Crippen LogP contribution is 2.23. The van der Waals surface area contributed by atoms with Crippen LogP contribution in [0.1, 0.15) is 171 Å². The van der Waals surface area contributed by atoms with Gasteiger partial charge in [0.1, 0.15) is 84.3 Å². The lowest BCUT2D eigenvalue weighted by molar-refractivity contribution is -0.142. The number of carboxylic acids is 1. The Balaban J connectivity index is 3.45. The van der Waals surface area contributed by atoms with E-state index in [2.05, 4.69) is 89.7 Å². The van der Waals surface area contributed by atoms with E-state index in [4.69, 9.17) is 45.9 Å². The summed E-state index contributed by atoms with van der Waals surface area (Å²) in [5.41, 5.74) is 44.7. The van der Waals surface area contributed by atoms with Gasteiger partial charge in [0.05, 0.1) is 44.1 Å². The van der Waals surface area contributed by atoms with Crippen LogP contribution < -0.4 is 126 Å². The number of aliphatic imine (C=N–C) groups is 2. The van der Waals surface area contributed by atoms with E-state index in [-0.39, 0.29) is 113 Å². The van der Waals surface area contributed by atoms with Crippen LogP contribution in [-0.2, 0) is 87.9 Å². The third kappa shape index (κ3) is 44.9. The molecule has 48 heteroatoms. The van der Waals surface area contributed by atoms with Crippen molar-refractivity contribution in [3.05, 3.63) is 29.8 Å². The van der Waals surface area contributed by atoms with Crippen molar-refractivity contribution in [1.29, 1.82) is 0 Å². The molecule has 0 bridgehead atoms. The van der Waals surface area contributed by atoms with Crippen molar-refractivity contribution in [1.82, 2.24) is 79.8 Å². The highest BCUT2D eigenvalue weighted by molar-refractivity contribution is 6.00. The molecule has 0 spiro atoms. The number of phenols is 1. The van der Waals surface area contributed by atoms with Crippen molar-refractivity contribution < 1.29 is 112 Å². The first-order chi connectivity index (χ1) is 58.1. The van der Waals surface area contributed by atoms with E-state index in [0.717, 1.165) is 27.7 Å². The minimum Gasteiger partial charge on any atom is -0.508 e. The minimum absolute atomic E-state index is 0.00518. The molecule has 1 rings (SSSR count). The molecule has 0 radical (unpaired) electrons. The molecule has 0 aliphatic heterocycles. The Hall–Kier alpha value is -11.7. The molecule has 17 atom stereocenters. The van der Waals surface area contributed by atoms with Crippen molar-refractivity contribution in [3.63, 3.8) is 0 Å². The number of aliphatic hydroxyl groups is 4. The van der Waals surface area contributed by atoms with Gasteiger partial charge in [-0.1, -0.05) is 45.7 Å². The molecular weight excluding hydrogens is 1630 g/mol. The number of carboxylic acid groups (broad SMARTS) is 1. The molecule has 37 N–H and O–H groups in total. The highest BCUT2D eigenvalue weighted by Gasteiger charge is 2.39. The molecule has 48 nitrogen and oxygen atoms in total. The molecule has 124 heavy (non-hydrogen) atoms. The van der Waals surface area contributed by atoms with Gasteiger partial charge >= 0.3 is 5.97 Å². The number of aliphatic hydroxyl groups excluding tert-OH is 4. The molecule has 0 aliphatic carbocycles. The maximum atomic E-state index is 14.5. The molecular formula is C76H133N25O23. The average molecular weight is 1770 g/mol. The lowest BCUT2D eigenvalue weighted by atomic mass is 9.89. The predicted molar refractivity (Wildman–Crippen MR) is 450 cm³/mol. The van der Waals surface area contributed by atoms with Crippen molar-refractivity contribution >= 4 is 112 Å². The molecule has 1 aromatic carbocycles. The number of carbonyl (C=O) groups excluding carboxylic acids is 16. The van der Waals surface area contributed by atoms with Crippen molar-refractivity contribution in [2.24, 2.45) is 61.3 Å². The highest BCUT2D eigenvalue weighted by atomic mass is 16.4. The Bertz CT molecular complexity index is 3740. The van der Waals surface area contributed by atoms with Crippen LogP contribution in [-0.4, -0.2) is 292 Å². The summed E-state index contributed by atoms with van der Waals surface area (Å²) in [5, 5.41) is 97.9. The zero-order chi connectivity index (χ0) is 94.3. The van der Waals surface area contributed by atoms with Gasteiger partial charge in [-0.2, -0.15) is 0 Å². The van der Waals surface area contributed by atoms with Gasteiger partial charge < -0.3 is 156 Å². The molecule has 0 aliphatic rings. The largest absolute Gasteiger partial charge is 0.508 e. The lowest BCUT2D eigenvalue weighted by Gasteiger charge is -2.29. The standard InChI is InChI=1S/C76H133N25O23/c1-38(79)60(110)92-50(22-17-33-86-75(83)84)67(117)101-59(43(6)105)72(122)96-48(20-12-15-31-78)64(114)95-51(27-28-54(80)107)68(118)100-58(42(5)104)71(121)90-40(3)61(111)93-49(21-16-32-85-74(81)82)65(115)94-47(18-10-13-29-76(7,8)9)66(116)98-53(37-102)69(119)99-57(41(4)103)70(120)88-35-55(108)87-36-56(109)91-46(19-11-14-30-77)63(113)89-39(2)62(112)97-52(73(123)124)34-44-23-25-45(106)26-24-44/h23-26,38-43,46-53,57-59,102-106H,10-22,27-37,77-79H2,1-9H3,(H2,80,107)(H,87,108)(H,88,120)(H,89,113)(H,90,121)(H,91,109)(H,92,110)(H,93,111)(H,94,115)(H,95,114)(H,96,122)(H,97,112)(H,98,116)(H,99,119)(H,100,118)(H,101,117)(H,123,124)(H4,81,82,85)(H4,83,84,86)/t38-,39-,40-,41+,42+,43+,46-,47-,48-,49-,50-,51-,52-,53-,57-,58-,59-/m0/s1. The molecule has 700 valence electrons. The number of nitrogens with zero attached hydrogens (tertiary/aromatic N) is 2. The summed E-state index contributed by atoms with van der Waals surface area (Å²) in [7, 11) is 0. The number of carbonyl (C=O) groups is 17. The van der Waals surface area contributed by atoms with E-state index >= 15 is 0 Å². The van der Waals surface area contributed by atoms with Gasteiger partial charge in [-0.25, -0.2) is 4.79 Å². The van der Waals surface area contributed by atoms with E-state index < -0.39 is 236 Å². The van der Waals surface area contributed by atoms with Crippen molar-refractivity contribution in [3.8, 4) is 5.75 Å². The zero-order valence-corrected chi connectivity index (χ0v) is 71.7. The lowest BCUT2D eigenvalue weighted by Crippen LogP contribution is -2.62. The second-order valence-electron chi connectivity index (χ2n) is 31.1. The van der Waals surface area contributed by atoms with Gasteiger partial charge in [0, 0.05) is 25.9 Å². The third-order valence-corrected chi connectivity index (χ3v) is 18.7. The Morgan fingerprint density at radius 3 is 1.13 bits per heavy atom. The van der Waals surface area contributed by atoms with Crippen LogP contribution in [0.15, 0.2) is 34.3 Å². The summed E-state index contributed by atoms with van der Waals surface area (Å²) in [6.07, 6.45) is -4.38. The Labute approximate surface area is 718 Å². The Morgan fingerprint density at radius 1 is 0.387 bits per heavy atom. The SMILES string of the molecule is C[C@H](N)C(=O)N[C@@H](CCCN=C(N)N)C(=O)N[C@H](C(=O)N[C@@H](CCCCN)C(=O)N[C@@H](CCC(N)=O)C(=O)N[C@H](C(=O)N[C@@H](C)C(=O)N[C@@H](CCCN=C(N)N)C(=O)N[C@@H](CCCCC(C)(C)C)C(=O)N[C@@H](CO)C(=O)N[C@H](C(=O)NCC(=O)NCC(=O)N[C@@H](CCCCN)C(=O)N[C@@H](C)C(=O)N[C@@H](Cc1ccc(O)cc1)C(=O)O)[C@@H](C)O)[C@@H](C)O)[C@@H](C)O. The smallest absolute Gasteiger partial charge is 0.326 e. The molecule has 0 fully saturated rings. The number of phenolic OH excluding ortho intramolecular Hbond substituents is 1. The molecule has 16 amide bonds. The number of benzene rings is 1. The molecule has 0 saturated heterocycles. The molecule has 0 unspecified atom stereocenters. The molecule has 0 heterocycles. The van der Waals surface area contributed by atoms with Crippen LogP contribution in [0.4, 0.5) is 0 Å². The molecule has 1 aromatic rings. The number of aromatic hydroxyl groups is 1. The van der Waals surface area contributed by atoms with Crippen molar-refractivity contribution in [2.75, 3.05) is 45.9 Å². The monoisotopic (exact) mass is 1760 g/mol. The van der Waals surface area contributed by atoms with Crippen LogP contribution >= 0.6 is 0 Å². The summed E-state index contributed by atoms with van der Waals surface area (Å²) >= 11 is 0.